The Morgan fingerprint density at radius 2 is 1.79 bits per heavy atom. The Balaban J connectivity index is 1.61. The Morgan fingerprint density at radius 1 is 1.14 bits per heavy atom. The lowest BCUT2D eigenvalue weighted by Gasteiger charge is -2.28. The molecule has 0 saturated carbocycles. The normalized spacial score (nSPS) is 14.9. The number of halogens is 1. The lowest BCUT2D eigenvalue weighted by atomic mass is 10.2. The summed E-state index contributed by atoms with van der Waals surface area (Å²) in [6.45, 7) is 2.55. The minimum atomic E-state index is -4.10. The van der Waals surface area contributed by atoms with E-state index in [1.165, 1.54) is 25.2 Å². The molecular weight excluding hydrogens is 385 g/mol. The zero-order valence-electron chi connectivity index (χ0n) is 15.5. The standard InChI is InChI=1S/C19H22FN3O4S/c1-22(28(25,26)18-5-3-2-4-17(18)20)14-19(24)21-15-6-8-16(9-7-15)23-10-12-27-13-11-23/h2-9H,10-14H2,1H3,(H,21,24). The Bertz CT molecular complexity index is 928. The van der Waals surface area contributed by atoms with Gasteiger partial charge in [-0.1, -0.05) is 12.1 Å². The van der Waals surface area contributed by atoms with Crippen molar-refractivity contribution < 1.29 is 22.3 Å². The summed E-state index contributed by atoms with van der Waals surface area (Å²) in [7, 11) is -2.86. The fraction of sp³-hybridized carbons (Fsp3) is 0.316. The molecule has 3 rings (SSSR count). The van der Waals surface area contributed by atoms with Crippen LogP contribution in [-0.2, 0) is 19.6 Å². The number of ether oxygens (including phenoxy) is 1. The van der Waals surface area contributed by atoms with Crippen molar-refractivity contribution in [3.8, 4) is 0 Å². The Morgan fingerprint density at radius 3 is 2.43 bits per heavy atom. The van der Waals surface area contributed by atoms with Gasteiger partial charge >= 0.3 is 0 Å². The number of nitrogens with zero attached hydrogens (tertiary/aromatic N) is 2. The van der Waals surface area contributed by atoms with Gasteiger partial charge in [0.25, 0.3) is 0 Å². The maximum atomic E-state index is 13.8. The van der Waals surface area contributed by atoms with Crippen LogP contribution in [-0.4, -0.2) is 58.5 Å². The lowest BCUT2D eigenvalue weighted by Crippen LogP contribution is -2.36. The molecule has 7 nitrogen and oxygen atoms in total. The second-order valence-electron chi connectivity index (χ2n) is 6.39. The monoisotopic (exact) mass is 407 g/mol. The van der Waals surface area contributed by atoms with E-state index in [4.69, 9.17) is 4.74 Å². The van der Waals surface area contributed by atoms with Crippen LogP contribution in [0, 0.1) is 5.82 Å². The predicted molar refractivity (Wildman–Crippen MR) is 104 cm³/mol. The van der Waals surface area contributed by atoms with E-state index in [0.29, 0.717) is 18.9 Å². The minimum Gasteiger partial charge on any atom is -0.378 e. The van der Waals surface area contributed by atoms with E-state index in [0.717, 1.165) is 29.1 Å². The van der Waals surface area contributed by atoms with Gasteiger partial charge in [0.2, 0.25) is 15.9 Å². The molecule has 0 aliphatic carbocycles. The van der Waals surface area contributed by atoms with E-state index >= 15 is 0 Å². The zero-order valence-corrected chi connectivity index (χ0v) is 16.3. The molecule has 1 aliphatic rings. The second kappa shape index (κ2) is 8.68. The number of sulfonamides is 1. The van der Waals surface area contributed by atoms with Gasteiger partial charge in [0.05, 0.1) is 19.8 Å². The number of hydrogen-bond donors (Lipinski definition) is 1. The molecule has 1 aliphatic heterocycles. The van der Waals surface area contributed by atoms with E-state index in [1.807, 2.05) is 12.1 Å². The first-order valence-electron chi connectivity index (χ1n) is 8.81. The maximum absolute atomic E-state index is 13.8. The van der Waals surface area contributed by atoms with Crippen molar-refractivity contribution in [1.82, 2.24) is 4.31 Å². The number of amides is 1. The number of hydrogen-bond acceptors (Lipinski definition) is 5. The molecule has 0 spiro atoms. The van der Waals surface area contributed by atoms with E-state index in [2.05, 4.69) is 10.2 Å². The van der Waals surface area contributed by atoms with Crippen molar-refractivity contribution >= 4 is 27.3 Å². The van der Waals surface area contributed by atoms with Crippen LogP contribution in [0.4, 0.5) is 15.8 Å². The highest BCUT2D eigenvalue weighted by molar-refractivity contribution is 7.89. The fourth-order valence-corrected chi connectivity index (χ4v) is 4.07. The fourth-order valence-electron chi connectivity index (χ4n) is 2.89. The zero-order chi connectivity index (χ0) is 20.1. The summed E-state index contributed by atoms with van der Waals surface area (Å²) >= 11 is 0. The van der Waals surface area contributed by atoms with Gasteiger partial charge in [-0.15, -0.1) is 0 Å². The Hall–Kier alpha value is -2.49. The quantitative estimate of drug-likeness (QED) is 0.792. The number of carbonyl (C=O) groups excluding carboxylic acids is 1. The van der Waals surface area contributed by atoms with Crippen molar-refractivity contribution in [2.75, 3.05) is 50.1 Å². The van der Waals surface area contributed by atoms with Crippen LogP contribution in [0.2, 0.25) is 0 Å². The molecule has 0 atom stereocenters. The lowest BCUT2D eigenvalue weighted by molar-refractivity contribution is -0.116. The first-order chi connectivity index (χ1) is 13.4. The minimum absolute atomic E-state index is 0.429. The topological polar surface area (TPSA) is 79.0 Å². The van der Waals surface area contributed by atoms with E-state index < -0.39 is 33.2 Å². The highest BCUT2D eigenvalue weighted by atomic mass is 32.2. The van der Waals surface area contributed by atoms with Gasteiger partial charge in [0.15, 0.2) is 0 Å². The molecule has 0 unspecified atom stereocenters. The number of nitrogens with one attached hydrogen (secondary N) is 1. The number of carbonyl (C=O) groups is 1. The molecular formula is C19H22FN3O4S. The Kier molecular flexibility index (Phi) is 6.28. The van der Waals surface area contributed by atoms with E-state index in [1.54, 1.807) is 12.1 Å². The van der Waals surface area contributed by atoms with Crippen LogP contribution in [0.25, 0.3) is 0 Å². The molecule has 9 heteroatoms. The number of anilines is 2. The third kappa shape index (κ3) is 4.67. The number of benzene rings is 2. The van der Waals surface area contributed by atoms with Gasteiger partial charge in [-0.2, -0.15) is 4.31 Å². The van der Waals surface area contributed by atoms with Gasteiger partial charge in [0.1, 0.15) is 10.7 Å². The van der Waals surface area contributed by atoms with Crippen LogP contribution in [0.15, 0.2) is 53.4 Å². The van der Waals surface area contributed by atoms with Crippen LogP contribution >= 0.6 is 0 Å². The molecule has 1 N–H and O–H groups in total. The summed E-state index contributed by atoms with van der Waals surface area (Å²) in [5, 5.41) is 2.66. The van der Waals surface area contributed by atoms with Gasteiger partial charge in [-0.3, -0.25) is 4.79 Å². The third-order valence-electron chi connectivity index (χ3n) is 4.42. The highest BCUT2D eigenvalue weighted by Gasteiger charge is 2.25. The number of rotatable bonds is 6. The maximum Gasteiger partial charge on any atom is 0.246 e. The smallest absolute Gasteiger partial charge is 0.246 e. The van der Waals surface area contributed by atoms with Crippen LogP contribution in [0.3, 0.4) is 0 Å². The summed E-state index contributed by atoms with van der Waals surface area (Å²) in [5.41, 5.74) is 1.58. The summed E-state index contributed by atoms with van der Waals surface area (Å²) in [4.78, 5) is 14.0. The van der Waals surface area contributed by atoms with Gasteiger partial charge in [-0.05, 0) is 36.4 Å². The molecule has 2 aromatic carbocycles. The molecule has 0 aromatic heterocycles. The predicted octanol–water partition coefficient (Wildman–Crippen LogP) is 1.92. The van der Waals surface area contributed by atoms with Crippen molar-refractivity contribution in [1.29, 1.82) is 0 Å². The molecule has 1 heterocycles. The Labute approximate surface area is 163 Å². The summed E-state index contributed by atoms with van der Waals surface area (Å²) in [6, 6.07) is 12.4. The SMILES string of the molecule is CN(CC(=O)Nc1ccc(N2CCOCC2)cc1)S(=O)(=O)c1ccccc1F. The van der Waals surface area contributed by atoms with Gasteiger partial charge in [0, 0.05) is 31.5 Å². The van der Waals surface area contributed by atoms with Gasteiger partial charge < -0.3 is 15.0 Å². The first kappa shape index (κ1) is 20.2. The third-order valence-corrected chi connectivity index (χ3v) is 6.26. The van der Waals surface area contributed by atoms with Crippen molar-refractivity contribution in [3.63, 3.8) is 0 Å². The van der Waals surface area contributed by atoms with Crippen LogP contribution in [0.1, 0.15) is 0 Å². The van der Waals surface area contributed by atoms with Crippen LogP contribution < -0.4 is 10.2 Å². The van der Waals surface area contributed by atoms with E-state index in [9.17, 15) is 17.6 Å². The molecule has 2 aromatic rings. The molecule has 1 saturated heterocycles. The number of likely N-dealkylation sites (N-methyl/N-ethyl adjacent to an activating group) is 1. The summed E-state index contributed by atoms with van der Waals surface area (Å²) in [5.74, 6) is -1.37. The van der Waals surface area contributed by atoms with Crippen molar-refractivity contribution in [2.45, 2.75) is 4.90 Å². The molecule has 150 valence electrons. The molecule has 0 bridgehead atoms. The summed E-state index contributed by atoms with van der Waals surface area (Å²) in [6.07, 6.45) is 0. The molecule has 0 radical (unpaired) electrons. The summed E-state index contributed by atoms with van der Waals surface area (Å²) < 4.78 is 44.9. The van der Waals surface area contributed by atoms with Crippen molar-refractivity contribution in [2.24, 2.45) is 0 Å². The first-order valence-corrected chi connectivity index (χ1v) is 10.3. The highest BCUT2D eigenvalue weighted by Crippen LogP contribution is 2.20. The second-order valence-corrected chi connectivity index (χ2v) is 8.40. The molecule has 1 fully saturated rings. The average Bonchev–Trinajstić information content (AvgIpc) is 2.69. The van der Waals surface area contributed by atoms with E-state index in [-0.39, 0.29) is 0 Å². The average molecular weight is 407 g/mol. The van der Waals surface area contributed by atoms with Crippen LogP contribution in [0.5, 0.6) is 0 Å². The molecule has 1 amide bonds. The van der Waals surface area contributed by atoms with Crippen molar-refractivity contribution in [3.05, 3.63) is 54.3 Å². The largest absolute Gasteiger partial charge is 0.378 e. The van der Waals surface area contributed by atoms with Gasteiger partial charge in [-0.25, -0.2) is 12.8 Å². The number of morpholine rings is 1. The molecule has 28 heavy (non-hydrogen) atoms.